The highest BCUT2D eigenvalue weighted by Crippen LogP contribution is 2.13. The molecule has 11 heavy (non-hydrogen) atoms. The Balaban J connectivity index is 3.54. The maximum Gasteiger partial charge on any atom is 0.0754 e. The van der Waals surface area contributed by atoms with Crippen LogP contribution in [0.15, 0.2) is 11.1 Å². The van der Waals surface area contributed by atoms with Gasteiger partial charge in [0.15, 0.2) is 0 Å². The number of aliphatic hydroxyl groups excluding tert-OH is 1. The monoisotopic (exact) mass is 220 g/mol. The van der Waals surface area contributed by atoms with Gasteiger partial charge in [0.05, 0.1) is 6.10 Å². The van der Waals surface area contributed by atoms with Gasteiger partial charge in [-0.1, -0.05) is 42.6 Å². The van der Waals surface area contributed by atoms with Crippen molar-refractivity contribution in [3.8, 4) is 0 Å². The highest BCUT2D eigenvalue weighted by molar-refractivity contribution is 9.11. The van der Waals surface area contributed by atoms with Crippen LogP contribution in [0.1, 0.15) is 33.1 Å². The fraction of sp³-hybridized carbons (Fsp3) is 0.778. The third-order valence-corrected chi connectivity index (χ3v) is 2.17. The van der Waals surface area contributed by atoms with Crippen molar-refractivity contribution < 1.29 is 5.11 Å². The van der Waals surface area contributed by atoms with Crippen LogP contribution in [0.5, 0.6) is 0 Å². The van der Waals surface area contributed by atoms with E-state index in [1.807, 2.05) is 0 Å². The first kappa shape index (κ1) is 11.2. The Morgan fingerprint density at radius 1 is 1.55 bits per heavy atom. The second kappa shape index (κ2) is 6.86. The van der Waals surface area contributed by atoms with Gasteiger partial charge in [-0.25, -0.2) is 0 Å². The molecule has 0 aromatic carbocycles. The second-order valence-corrected chi connectivity index (χ2v) is 3.46. The van der Waals surface area contributed by atoms with Crippen LogP contribution < -0.4 is 0 Å². The minimum Gasteiger partial charge on any atom is -0.389 e. The van der Waals surface area contributed by atoms with Crippen molar-refractivity contribution in [1.82, 2.24) is 0 Å². The molecule has 2 atom stereocenters. The molecule has 0 aromatic heterocycles. The van der Waals surface area contributed by atoms with E-state index >= 15 is 0 Å². The lowest BCUT2D eigenvalue weighted by molar-refractivity contribution is 0.155. The molecule has 0 heterocycles. The van der Waals surface area contributed by atoms with Crippen molar-refractivity contribution in [3.05, 3.63) is 11.1 Å². The Bertz CT molecular complexity index is 112. The average Bonchev–Trinajstić information content (AvgIpc) is 2.00. The van der Waals surface area contributed by atoms with Crippen LogP contribution in [0.3, 0.4) is 0 Å². The van der Waals surface area contributed by atoms with Crippen LogP contribution in [0.25, 0.3) is 0 Å². The van der Waals surface area contributed by atoms with Gasteiger partial charge in [-0.2, -0.15) is 0 Å². The van der Waals surface area contributed by atoms with Gasteiger partial charge >= 0.3 is 0 Å². The van der Waals surface area contributed by atoms with E-state index in [1.165, 1.54) is 12.8 Å². The third-order valence-electron chi connectivity index (χ3n) is 1.87. The number of hydrogen-bond donors (Lipinski definition) is 1. The first-order valence-corrected chi connectivity index (χ1v) is 5.08. The molecular formula is C9H17BrO. The smallest absolute Gasteiger partial charge is 0.0754 e. The summed E-state index contributed by atoms with van der Waals surface area (Å²) in [6.45, 7) is 4.24. The minimum atomic E-state index is -0.291. The zero-order valence-corrected chi connectivity index (χ0v) is 8.84. The van der Waals surface area contributed by atoms with Crippen molar-refractivity contribution >= 4 is 15.9 Å². The molecule has 2 heteroatoms. The summed E-state index contributed by atoms with van der Waals surface area (Å²) in [6.07, 6.45) is 5.00. The number of hydrogen-bond acceptors (Lipinski definition) is 1. The van der Waals surface area contributed by atoms with Crippen LogP contribution in [-0.4, -0.2) is 11.2 Å². The minimum absolute atomic E-state index is 0.291. The molecule has 0 unspecified atom stereocenters. The Hall–Kier alpha value is 0.180. The van der Waals surface area contributed by atoms with Crippen LogP contribution in [-0.2, 0) is 0 Å². The van der Waals surface area contributed by atoms with Gasteiger partial charge in [-0.05, 0) is 23.4 Å². The van der Waals surface area contributed by atoms with Gasteiger partial charge in [0.2, 0.25) is 0 Å². The van der Waals surface area contributed by atoms with Gasteiger partial charge in [0.1, 0.15) is 0 Å². The van der Waals surface area contributed by atoms with E-state index < -0.39 is 0 Å². The van der Waals surface area contributed by atoms with E-state index in [2.05, 4.69) is 29.8 Å². The van der Waals surface area contributed by atoms with Crippen LogP contribution in [0.2, 0.25) is 0 Å². The van der Waals surface area contributed by atoms with Gasteiger partial charge in [-0.3, -0.25) is 0 Å². The number of halogens is 1. The van der Waals surface area contributed by atoms with E-state index in [-0.39, 0.29) is 6.10 Å². The molecule has 0 rings (SSSR count). The predicted molar refractivity (Wildman–Crippen MR) is 52.8 cm³/mol. The molecule has 0 fully saturated rings. The molecule has 1 N–H and O–H groups in total. The molecule has 0 aliphatic rings. The van der Waals surface area contributed by atoms with Gasteiger partial charge < -0.3 is 5.11 Å². The van der Waals surface area contributed by atoms with Crippen molar-refractivity contribution in [3.63, 3.8) is 0 Å². The number of aliphatic hydroxyl groups is 1. The summed E-state index contributed by atoms with van der Waals surface area (Å²) < 4.78 is 0. The van der Waals surface area contributed by atoms with Crippen molar-refractivity contribution in [2.24, 2.45) is 5.92 Å². The van der Waals surface area contributed by atoms with Gasteiger partial charge in [-0.15, -0.1) is 0 Å². The first-order valence-electron chi connectivity index (χ1n) is 4.17. The Morgan fingerprint density at radius 3 is 2.64 bits per heavy atom. The topological polar surface area (TPSA) is 20.2 Å². The molecule has 0 bridgehead atoms. The largest absolute Gasteiger partial charge is 0.389 e. The first-order chi connectivity index (χ1) is 5.22. The Kier molecular flexibility index (Phi) is 6.98. The summed E-state index contributed by atoms with van der Waals surface area (Å²) >= 11 is 3.15. The standard InChI is InChI=1S/C9H17BrO/c1-3-4-5-8(2)9(11)6-7-10/h6-9,11H,3-5H2,1-2H3/b7-6+/t8-,9+/m0/s1. The van der Waals surface area contributed by atoms with Crippen LogP contribution in [0, 0.1) is 5.92 Å². The molecule has 66 valence electrons. The highest BCUT2D eigenvalue weighted by atomic mass is 79.9. The van der Waals surface area contributed by atoms with Gasteiger partial charge in [0, 0.05) is 0 Å². The molecule has 0 aromatic rings. The predicted octanol–water partition coefficient (Wildman–Crippen LogP) is 3.08. The van der Waals surface area contributed by atoms with E-state index in [4.69, 9.17) is 0 Å². The summed E-state index contributed by atoms with van der Waals surface area (Å²) in [5.74, 6) is 0.378. The van der Waals surface area contributed by atoms with Gasteiger partial charge in [0.25, 0.3) is 0 Å². The molecule has 0 amide bonds. The zero-order chi connectivity index (χ0) is 8.69. The molecule has 0 aliphatic carbocycles. The maximum absolute atomic E-state index is 9.43. The molecule has 0 aliphatic heterocycles. The second-order valence-electron chi connectivity index (χ2n) is 2.93. The van der Waals surface area contributed by atoms with E-state index in [1.54, 1.807) is 11.1 Å². The fourth-order valence-electron chi connectivity index (χ4n) is 0.961. The summed E-state index contributed by atoms with van der Waals surface area (Å²) in [7, 11) is 0. The lowest BCUT2D eigenvalue weighted by Gasteiger charge is -2.14. The number of unbranched alkanes of at least 4 members (excludes halogenated alkanes) is 1. The average molecular weight is 221 g/mol. The number of rotatable bonds is 5. The van der Waals surface area contributed by atoms with Crippen molar-refractivity contribution in [2.45, 2.75) is 39.2 Å². The van der Waals surface area contributed by atoms with Crippen LogP contribution >= 0.6 is 15.9 Å². The molecular weight excluding hydrogens is 204 g/mol. The van der Waals surface area contributed by atoms with Crippen molar-refractivity contribution in [2.75, 3.05) is 0 Å². The lowest BCUT2D eigenvalue weighted by atomic mass is 9.98. The molecule has 0 spiro atoms. The Morgan fingerprint density at radius 2 is 2.18 bits per heavy atom. The lowest BCUT2D eigenvalue weighted by Crippen LogP contribution is -2.14. The molecule has 0 saturated heterocycles. The van der Waals surface area contributed by atoms with E-state index in [0.717, 1.165) is 6.42 Å². The summed E-state index contributed by atoms with van der Waals surface area (Å²) in [6, 6.07) is 0. The molecule has 0 saturated carbocycles. The van der Waals surface area contributed by atoms with E-state index in [0.29, 0.717) is 5.92 Å². The van der Waals surface area contributed by atoms with E-state index in [9.17, 15) is 5.11 Å². The molecule has 0 radical (unpaired) electrons. The molecule has 1 nitrogen and oxygen atoms in total. The fourth-order valence-corrected chi connectivity index (χ4v) is 1.27. The quantitative estimate of drug-likeness (QED) is 0.756. The zero-order valence-electron chi connectivity index (χ0n) is 7.26. The Labute approximate surface area is 77.6 Å². The van der Waals surface area contributed by atoms with Crippen LogP contribution in [0.4, 0.5) is 0 Å². The van der Waals surface area contributed by atoms with Crippen molar-refractivity contribution in [1.29, 1.82) is 0 Å². The summed E-state index contributed by atoms with van der Waals surface area (Å²) in [5.41, 5.74) is 0. The normalized spacial score (nSPS) is 17.1. The summed E-state index contributed by atoms with van der Waals surface area (Å²) in [5, 5.41) is 9.43. The summed E-state index contributed by atoms with van der Waals surface area (Å²) in [4.78, 5) is 1.72. The third kappa shape index (κ3) is 5.45. The SMILES string of the molecule is CCCC[C@H](C)[C@H](O)/C=C/Br. The highest BCUT2D eigenvalue weighted by Gasteiger charge is 2.09. The maximum atomic E-state index is 9.43.